The van der Waals surface area contributed by atoms with Gasteiger partial charge in [-0.1, -0.05) is 12.1 Å². The van der Waals surface area contributed by atoms with E-state index in [1.165, 1.54) is 12.5 Å². The zero-order chi connectivity index (χ0) is 13.9. The quantitative estimate of drug-likeness (QED) is 0.549. The number of hydrogen-bond donors (Lipinski definition) is 2. The second-order valence-electron chi connectivity index (χ2n) is 4.52. The molecule has 4 aromatic rings. The maximum Gasteiger partial charge on any atom is 0.339 e. The minimum atomic E-state index is -1.06. The van der Waals surface area contributed by atoms with Crippen LogP contribution in [0.4, 0.5) is 0 Å². The van der Waals surface area contributed by atoms with Crippen molar-refractivity contribution in [2.45, 2.75) is 0 Å². The Balaban J connectivity index is 2.41. The normalized spacial score (nSPS) is 11.6. The van der Waals surface area contributed by atoms with Gasteiger partial charge in [0.2, 0.25) is 0 Å². The van der Waals surface area contributed by atoms with E-state index in [-0.39, 0.29) is 11.3 Å². The molecular formula is C15H8O5. The highest BCUT2D eigenvalue weighted by atomic mass is 16.4. The van der Waals surface area contributed by atoms with Gasteiger partial charge in [-0.15, -0.1) is 0 Å². The molecule has 0 fully saturated rings. The van der Waals surface area contributed by atoms with Crippen molar-refractivity contribution in [3.8, 4) is 5.75 Å². The van der Waals surface area contributed by atoms with Gasteiger partial charge in [0.25, 0.3) is 0 Å². The highest BCUT2D eigenvalue weighted by Crippen LogP contribution is 2.41. The Morgan fingerprint density at radius 1 is 1.00 bits per heavy atom. The Hall–Kier alpha value is -2.95. The van der Waals surface area contributed by atoms with E-state index < -0.39 is 5.97 Å². The second kappa shape index (κ2) is 3.54. The molecule has 5 nitrogen and oxygen atoms in total. The first-order valence-electron chi connectivity index (χ1n) is 5.94. The molecule has 0 radical (unpaired) electrons. The first-order valence-corrected chi connectivity index (χ1v) is 5.94. The average molecular weight is 268 g/mol. The van der Waals surface area contributed by atoms with E-state index in [0.29, 0.717) is 32.7 Å². The molecule has 0 spiro atoms. The van der Waals surface area contributed by atoms with Gasteiger partial charge in [-0.05, 0) is 12.1 Å². The third-order valence-corrected chi connectivity index (χ3v) is 3.47. The fourth-order valence-corrected chi connectivity index (χ4v) is 2.65. The van der Waals surface area contributed by atoms with E-state index >= 15 is 0 Å². The summed E-state index contributed by atoms with van der Waals surface area (Å²) in [5, 5.41) is 21.5. The molecule has 5 heteroatoms. The number of carboxylic acid groups (broad SMARTS) is 1. The lowest BCUT2D eigenvalue weighted by molar-refractivity contribution is 0.0698. The van der Waals surface area contributed by atoms with Crippen molar-refractivity contribution in [2.75, 3.05) is 0 Å². The SMILES string of the molecule is O=C(O)c1coc2c3cccc(O)c3c3occc3c12. The van der Waals surface area contributed by atoms with Crippen LogP contribution in [-0.4, -0.2) is 16.2 Å². The number of phenolic OH excluding ortho intramolecular Hbond substituents is 1. The van der Waals surface area contributed by atoms with Crippen molar-refractivity contribution in [3.05, 3.63) is 42.4 Å². The number of rotatable bonds is 1. The highest BCUT2D eigenvalue weighted by molar-refractivity contribution is 6.27. The maximum absolute atomic E-state index is 11.3. The molecule has 0 aliphatic carbocycles. The third-order valence-electron chi connectivity index (χ3n) is 3.47. The number of furan rings is 2. The molecule has 0 aliphatic heterocycles. The monoisotopic (exact) mass is 268 g/mol. The summed E-state index contributed by atoms with van der Waals surface area (Å²) in [5.41, 5.74) is 0.966. The van der Waals surface area contributed by atoms with Gasteiger partial charge in [-0.2, -0.15) is 0 Å². The lowest BCUT2D eigenvalue weighted by Crippen LogP contribution is -1.93. The van der Waals surface area contributed by atoms with Crippen LogP contribution in [0.15, 0.2) is 45.6 Å². The lowest BCUT2D eigenvalue weighted by Gasteiger charge is -2.03. The van der Waals surface area contributed by atoms with Gasteiger partial charge >= 0.3 is 5.97 Å². The third kappa shape index (κ3) is 1.19. The molecule has 0 amide bonds. The summed E-state index contributed by atoms with van der Waals surface area (Å²) in [6.07, 6.45) is 2.68. The summed E-state index contributed by atoms with van der Waals surface area (Å²) < 4.78 is 10.9. The Labute approximate surface area is 111 Å². The van der Waals surface area contributed by atoms with Gasteiger partial charge in [0.15, 0.2) is 0 Å². The van der Waals surface area contributed by atoms with E-state index in [1.807, 2.05) is 0 Å². The molecular weight excluding hydrogens is 260 g/mol. The summed E-state index contributed by atoms with van der Waals surface area (Å²) in [4.78, 5) is 11.3. The predicted octanol–water partition coefficient (Wildman–Crippen LogP) is 3.74. The molecule has 2 aromatic heterocycles. The van der Waals surface area contributed by atoms with Crippen molar-refractivity contribution in [2.24, 2.45) is 0 Å². The van der Waals surface area contributed by atoms with Crippen LogP contribution in [0.2, 0.25) is 0 Å². The van der Waals surface area contributed by atoms with Gasteiger partial charge < -0.3 is 19.0 Å². The van der Waals surface area contributed by atoms with Gasteiger partial charge in [-0.25, -0.2) is 4.79 Å². The highest BCUT2D eigenvalue weighted by Gasteiger charge is 2.21. The number of aromatic hydroxyl groups is 1. The standard InChI is InChI=1S/C15H8O5/c16-10-3-1-2-7-12(10)14-8(4-5-19-14)11-9(15(17)18)6-20-13(7)11/h1-6,16H,(H,17,18). The van der Waals surface area contributed by atoms with E-state index in [0.717, 1.165) is 0 Å². The molecule has 2 aromatic carbocycles. The Bertz CT molecular complexity index is 990. The maximum atomic E-state index is 11.3. The van der Waals surface area contributed by atoms with Gasteiger partial charge in [-0.3, -0.25) is 0 Å². The molecule has 0 aliphatic rings. The van der Waals surface area contributed by atoms with E-state index in [9.17, 15) is 15.0 Å². The van der Waals surface area contributed by atoms with Crippen molar-refractivity contribution >= 4 is 38.7 Å². The van der Waals surface area contributed by atoms with Crippen LogP contribution in [0.3, 0.4) is 0 Å². The molecule has 2 heterocycles. The van der Waals surface area contributed by atoms with Crippen LogP contribution in [0.1, 0.15) is 10.4 Å². The Morgan fingerprint density at radius 3 is 2.55 bits per heavy atom. The molecule has 4 rings (SSSR count). The Kier molecular flexibility index (Phi) is 1.93. The van der Waals surface area contributed by atoms with Crippen LogP contribution in [-0.2, 0) is 0 Å². The number of carbonyl (C=O) groups is 1. The fourth-order valence-electron chi connectivity index (χ4n) is 2.65. The van der Waals surface area contributed by atoms with Crippen molar-refractivity contribution in [1.82, 2.24) is 0 Å². The van der Waals surface area contributed by atoms with Crippen molar-refractivity contribution in [1.29, 1.82) is 0 Å². The number of phenols is 1. The van der Waals surface area contributed by atoms with Crippen LogP contribution < -0.4 is 0 Å². The van der Waals surface area contributed by atoms with Crippen LogP contribution in [0.25, 0.3) is 32.7 Å². The topological polar surface area (TPSA) is 83.8 Å². The minimum absolute atomic E-state index is 0.0672. The smallest absolute Gasteiger partial charge is 0.339 e. The Morgan fingerprint density at radius 2 is 1.75 bits per heavy atom. The molecule has 20 heavy (non-hydrogen) atoms. The first kappa shape index (κ1) is 10.9. The molecule has 2 N–H and O–H groups in total. The number of fused-ring (bicyclic) bond motifs is 6. The molecule has 0 atom stereocenters. The molecule has 0 unspecified atom stereocenters. The number of benzene rings is 2. The largest absolute Gasteiger partial charge is 0.507 e. The fraction of sp³-hybridized carbons (Fsp3) is 0. The number of hydrogen-bond acceptors (Lipinski definition) is 4. The summed E-state index contributed by atoms with van der Waals surface area (Å²) in [5.74, 6) is -0.997. The molecule has 0 saturated heterocycles. The summed E-state index contributed by atoms with van der Waals surface area (Å²) in [6.45, 7) is 0. The van der Waals surface area contributed by atoms with E-state index in [1.54, 1.807) is 24.3 Å². The van der Waals surface area contributed by atoms with Crippen molar-refractivity contribution in [3.63, 3.8) is 0 Å². The van der Waals surface area contributed by atoms with Crippen LogP contribution in [0, 0.1) is 0 Å². The first-order chi connectivity index (χ1) is 9.68. The van der Waals surface area contributed by atoms with Gasteiger partial charge in [0, 0.05) is 16.2 Å². The summed E-state index contributed by atoms with van der Waals surface area (Å²) in [6, 6.07) is 6.66. The summed E-state index contributed by atoms with van der Waals surface area (Å²) in [7, 11) is 0. The molecule has 98 valence electrons. The van der Waals surface area contributed by atoms with Gasteiger partial charge in [0.05, 0.1) is 11.6 Å². The number of carboxylic acids is 1. The zero-order valence-electron chi connectivity index (χ0n) is 10.1. The predicted molar refractivity (Wildman–Crippen MR) is 72.1 cm³/mol. The zero-order valence-corrected chi connectivity index (χ0v) is 10.1. The molecule has 0 saturated carbocycles. The second-order valence-corrected chi connectivity index (χ2v) is 4.52. The van der Waals surface area contributed by atoms with E-state index in [4.69, 9.17) is 8.83 Å². The van der Waals surface area contributed by atoms with E-state index in [2.05, 4.69) is 0 Å². The van der Waals surface area contributed by atoms with Crippen LogP contribution in [0.5, 0.6) is 5.75 Å². The molecule has 0 bridgehead atoms. The number of aromatic carboxylic acids is 1. The van der Waals surface area contributed by atoms with Gasteiger partial charge in [0.1, 0.15) is 28.7 Å². The van der Waals surface area contributed by atoms with Crippen molar-refractivity contribution < 1.29 is 23.8 Å². The van der Waals surface area contributed by atoms with Crippen LogP contribution >= 0.6 is 0 Å². The minimum Gasteiger partial charge on any atom is -0.507 e. The summed E-state index contributed by atoms with van der Waals surface area (Å²) >= 11 is 0. The average Bonchev–Trinajstić information content (AvgIpc) is 3.04. The lowest BCUT2D eigenvalue weighted by atomic mass is 10.0.